The summed E-state index contributed by atoms with van der Waals surface area (Å²) in [6, 6.07) is 14.5. The summed E-state index contributed by atoms with van der Waals surface area (Å²) in [5, 5.41) is 0. The Morgan fingerprint density at radius 3 is 2.48 bits per heavy atom. The van der Waals surface area contributed by atoms with Gasteiger partial charge in [0.2, 0.25) is 0 Å². The van der Waals surface area contributed by atoms with Gasteiger partial charge < -0.3 is 9.64 Å². The number of ether oxygens (including phenoxy) is 1. The van der Waals surface area contributed by atoms with Gasteiger partial charge in [-0.25, -0.2) is 8.42 Å². The third kappa shape index (κ3) is 4.75. The molecule has 0 atom stereocenters. The predicted octanol–water partition coefficient (Wildman–Crippen LogP) is 4.08. The van der Waals surface area contributed by atoms with Crippen molar-refractivity contribution in [1.82, 2.24) is 4.90 Å². The predicted molar refractivity (Wildman–Crippen MR) is 116 cm³/mol. The lowest BCUT2D eigenvalue weighted by molar-refractivity contribution is 0.205. The lowest BCUT2D eigenvalue weighted by Gasteiger charge is -2.30. The van der Waals surface area contributed by atoms with Crippen molar-refractivity contribution in [1.29, 1.82) is 0 Å². The van der Waals surface area contributed by atoms with Crippen LogP contribution in [0.15, 0.2) is 53.4 Å². The number of hydrogen-bond acceptors (Lipinski definition) is 4. The van der Waals surface area contributed by atoms with Crippen LogP contribution in [0.1, 0.15) is 37.7 Å². The Balaban J connectivity index is 1.40. The molecule has 2 aromatic rings. The van der Waals surface area contributed by atoms with Crippen molar-refractivity contribution >= 4 is 15.7 Å². The Labute approximate surface area is 174 Å². The van der Waals surface area contributed by atoms with Crippen LogP contribution < -0.4 is 9.04 Å². The smallest absolute Gasteiger partial charge is 0.264 e. The van der Waals surface area contributed by atoms with E-state index in [9.17, 15) is 8.42 Å². The molecule has 0 amide bonds. The van der Waals surface area contributed by atoms with Crippen LogP contribution in [0.3, 0.4) is 0 Å². The van der Waals surface area contributed by atoms with Crippen molar-refractivity contribution in [2.24, 2.45) is 0 Å². The number of rotatable bonds is 7. The minimum absolute atomic E-state index is 0.339. The van der Waals surface area contributed by atoms with Crippen LogP contribution in [0.4, 0.5) is 5.69 Å². The molecule has 156 valence electrons. The molecule has 4 rings (SSSR count). The van der Waals surface area contributed by atoms with E-state index in [0.29, 0.717) is 18.0 Å². The Hall–Kier alpha value is -2.05. The van der Waals surface area contributed by atoms with E-state index in [-0.39, 0.29) is 0 Å². The zero-order valence-electron chi connectivity index (χ0n) is 16.9. The fourth-order valence-corrected chi connectivity index (χ4v) is 5.82. The maximum Gasteiger partial charge on any atom is 0.264 e. The Bertz CT molecular complexity index is 909. The third-order valence-corrected chi connectivity index (χ3v) is 7.62. The zero-order valence-corrected chi connectivity index (χ0v) is 17.7. The summed E-state index contributed by atoms with van der Waals surface area (Å²) in [5.74, 6) is 0.835. The summed E-state index contributed by atoms with van der Waals surface area (Å²) in [7, 11) is -3.53. The minimum Gasteiger partial charge on any atom is -0.494 e. The number of fused-ring (bicyclic) bond motifs is 1. The number of sulfonamides is 1. The molecule has 2 aliphatic heterocycles. The number of benzene rings is 2. The van der Waals surface area contributed by atoms with Crippen molar-refractivity contribution in [3.63, 3.8) is 0 Å². The van der Waals surface area contributed by atoms with Gasteiger partial charge in [0, 0.05) is 13.1 Å². The maximum absolute atomic E-state index is 13.1. The summed E-state index contributed by atoms with van der Waals surface area (Å²) in [6.45, 7) is 4.73. The van der Waals surface area contributed by atoms with Crippen LogP contribution in [0.25, 0.3) is 0 Å². The van der Waals surface area contributed by atoms with E-state index in [0.717, 1.165) is 42.8 Å². The molecule has 0 radical (unpaired) electrons. The molecule has 0 bridgehead atoms. The second-order valence-corrected chi connectivity index (χ2v) is 9.75. The highest BCUT2D eigenvalue weighted by molar-refractivity contribution is 7.92. The highest BCUT2D eigenvalue weighted by Crippen LogP contribution is 2.34. The molecular formula is C23H30N2O3S. The van der Waals surface area contributed by atoms with Gasteiger partial charge in [0.15, 0.2) is 0 Å². The van der Waals surface area contributed by atoms with E-state index in [2.05, 4.69) is 4.90 Å². The van der Waals surface area contributed by atoms with Gasteiger partial charge in [-0.05, 0) is 81.1 Å². The Morgan fingerprint density at radius 2 is 1.69 bits per heavy atom. The molecule has 2 aromatic carbocycles. The van der Waals surface area contributed by atoms with Crippen molar-refractivity contribution in [3.8, 4) is 5.75 Å². The summed E-state index contributed by atoms with van der Waals surface area (Å²) in [4.78, 5) is 2.86. The van der Waals surface area contributed by atoms with Gasteiger partial charge in [0.25, 0.3) is 10.0 Å². The molecule has 0 unspecified atom stereocenters. The van der Waals surface area contributed by atoms with Gasteiger partial charge in [-0.2, -0.15) is 0 Å². The van der Waals surface area contributed by atoms with Gasteiger partial charge in [-0.3, -0.25) is 4.31 Å². The minimum atomic E-state index is -3.53. The van der Waals surface area contributed by atoms with Crippen molar-refractivity contribution < 1.29 is 13.2 Å². The third-order valence-electron chi connectivity index (χ3n) is 5.79. The lowest BCUT2D eigenvalue weighted by atomic mass is 10.0. The number of piperidine rings is 1. The molecule has 5 nitrogen and oxygen atoms in total. The molecule has 2 aliphatic rings. The van der Waals surface area contributed by atoms with Crippen LogP contribution in [0.5, 0.6) is 5.75 Å². The molecular weight excluding hydrogens is 384 g/mol. The van der Waals surface area contributed by atoms with E-state index < -0.39 is 10.0 Å². The van der Waals surface area contributed by atoms with E-state index in [1.807, 2.05) is 24.3 Å². The normalized spacial score (nSPS) is 17.7. The fourth-order valence-electron chi connectivity index (χ4n) is 4.26. The van der Waals surface area contributed by atoms with Crippen LogP contribution in [0.2, 0.25) is 0 Å². The number of hydrogen-bond donors (Lipinski definition) is 0. The first kappa shape index (κ1) is 20.2. The lowest BCUT2D eigenvalue weighted by Crippen LogP contribution is -2.35. The topological polar surface area (TPSA) is 49.9 Å². The maximum atomic E-state index is 13.1. The highest BCUT2D eigenvalue weighted by atomic mass is 32.2. The Kier molecular flexibility index (Phi) is 6.40. The van der Waals surface area contributed by atoms with E-state index >= 15 is 0 Å². The van der Waals surface area contributed by atoms with Crippen LogP contribution in [-0.4, -0.2) is 46.1 Å². The van der Waals surface area contributed by atoms with E-state index in [1.54, 1.807) is 28.6 Å². The summed E-state index contributed by atoms with van der Waals surface area (Å²) < 4.78 is 33.7. The van der Waals surface area contributed by atoms with Crippen LogP contribution in [0, 0.1) is 0 Å². The molecule has 0 saturated carbocycles. The molecule has 0 spiro atoms. The molecule has 1 saturated heterocycles. The molecule has 0 N–H and O–H groups in total. The average Bonchev–Trinajstić information content (AvgIpc) is 2.77. The number of aryl methyl sites for hydroxylation is 1. The monoisotopic (exact) mass is 414 g/mol. The summed E-state index contributed by atoms with van der Waals surface area (Å²) in [6.07, 6.45) is 6.70. The second kappa shape index (κ2) is 9.18. The number of nitrogens with zero attached hydrogens (tertiary/aromatic N) is 2. The first-order valence-corrected chi connectivity index (χ1v) is 12.1. The van der Waals surface area contributed by atoms with Gasteiger partial charge >= 0.3 is 0 Å². The molecule has 2 heterocycles. The second-order valence-electron chi connectivity index (χ2n) is 7.89. The first-order chi connectivity index (χ1) is 14.1. The van der Waals surface area contributed by atoms with E-state index in [1.165, 1.54) is 32.4 Å². The summed E-state index contributed by atoms with van der Waals surface area (Å²) >= 11 is 0. The standard InChI is InChI=1S/C23H30N2O3S/c26-29(27,22-10-3-1-4-11-22)25-17-7-9-20-19-21(12-13-23(20)25)28-18-8-16-24-14-5-2-6-15-24/h1,3-4,10-13,19H,2,5-9,14-18H2. The molecule has 29 heavy (non-hydrogen) atoms. The zero-order chi connectivity index (χ0) is 20.1. The summed E-state index contributed by atoms with van der Waals surface area (Å²) in [5.41, 5.74) is 1.82. The van der Waals surface area contributed by atoms with Crippen molar-refractivity contribution in [2.45, 2.75) is 43.4 Å². The van der Waals surface area contributed by atoms with Gasteiger partial charge in [0.1, 0.15) is 5.75 Å². The van der Waals surface area contributed by atoms with Gasteiger partial charge in [0.05, 0.1) is 17.2 Å². The number of anilines is 1. The van der Waals surface area contributed by atoms with Crippen molar-refractivity contribution in [2.75, 3.05) is 37.1 Å². The average molecular weight is 415 g/mol. The highest BCUT2D eigenvalue weighted by Gasteiger charge is 2.29. The molecule has 0 aliphatic carbocycles. The Morgan fingerprint density at radius 1 is 0.897 bits per heavy atom. The largest absolute Gasteiger partial charge is 0.494 e. The van der Waals surface area contributed by atoms with Gasteiger partial charge in [-0.15, -0.1) is 0 Å². The molecule has 1 fully saturated rings. The molecule has 0 aromatic heterocycles. The molecule has 6 heteroatoms. The fraction of sp³-hybridized carbons (Fsp3) is 0.478. The van der Waals surface area contributed by atoms with Gasteiger partial charge in [-0.1, -0.05) is 24.6 Å². The van der Waals surface area contributed by atoms with E-state index in [4.69, 9.17) is 4.74 Å². The van der Waals surface area contributed by atoms with Crippen molar-refractivity contribution in [3.05, 3.63) is 54.1 Å². The SMILES string of the molecule is O=S(=O)(c1ccccc1)N1CCCc2cc(OCCCN3CCCCC3)ccc21. The van der Waals surface area contributed by atoms with Crippen LogP contribution >= 0.6 is 0 Å². The van der Waals surface area contributed by atoms with Crippen LogP contribution in [-0.2, 0) is 16.4 Å². The number of likely N-dealkylation sites (tertiary alicyclic amines) is 1. The quantitative estimate of drug-likeness (QED) is 0.641. The first-order valence-electron chi connectivity index (χ1n) is 10.7.